The van der Waals surface area contributed by atoms with Crippen LogP contribution in [0.15, 0.2) is 24.8 Å². The highest BCUT2D eigenvalue weighted by Gasteiger charge is 1.89. The van der Waals surface area contributed by atoms with Crippen molar-refractivity contribution in [1.29, 1.82) is 0 Å². The smallest absolute Gasteiger partial charge is 0.116 e. The van der Waals surface area contributed by atoms with E-state index in [1.54, 1.807) is 18.5 Å². The lowest BCUT2D eigenvalue weighted by atomic mass is 10.3. The van der Waals surface area contributed by atoms with Crippen LogP contribution in [-0.4, -0.2) is 15.0 Å². The van der Waals surface area contributed by atoms with Crippen LogP contribution in [0.3, 0.4) is 0 Å². The van der Waals surface area contributed by atoms with Crippen molar-refractivity contribution in [3.8, 4) is 0 Å². The molecule has 2 aromatic heterocycles. The molecule has 0 saturated heterocycles. The molecule has 2 aromatic rings. The van der Waals surface area contributed by atoms with E-state index in [1.165, 1.54) is 6.33 Å². The number of hydrogen-bond acceptors (Lipinski definition) is 3. The monoisotopic (exact) mass is 130 g/mol. The molecule has 0 atom stereocenters. The van der Waals surface area contributed by atoms with Gasteiger partial charge in [-0.2, -0.15) is 0 Å². The van der Waals surface area contributed by atoms with Crippen LogP contribution < -0.4 is 0 Å². The van der Waals surface area contributed by atoms with Crippen molar-refractivity contribution in [2.75, 3.05) is 0 Å². The molecule has 0 N–H and O–H groups in total. The average molecular weight is 130 g/mol. The third kappa shape index (κ3) is 0.719. The highest BCUT2D eigenvalue weighted by molar-refractivity contribution is 5.75. The fourth-order valence-corrected chi connectivity index (χ4v) is 0.774. The lowest BCUT2D eigenvalue weighted by Gasteiger charge is -1.89. The summed E-state index contributed by atoms with van der Waals surface area (Å²) in [5, 5.41) is 0.970. The first kappa shape index (κ1) is 5.29. The van der Waals surface area contributed by atoms with E-state index in [2.05, 4.69) is 21.1 Å². The highest BCUT2D eigenvalue weighted by Crippen LogP contribution is 2.03. The second-order valence-corrected chi connectivity index (χ2v) is 1.89. The van der Waals surface area contributed by atoms with Gasteiger partial charge < -0.3 is 0 Å². The minimum atomic E-state index is 0.855. The van der Waals surface area contributed by atoms with Crippen LogP contribution in [0.25, 0.3) is 10.9 Å². The number of pyridine rings is 1. The Labute approximate surface area is 57.8 Å². The van der Waals surface area contributed by atoms with Gasteiger partial charge in [0.15, 0.2) is 0 Å². The lowest BCUT2D eigenvalue weighted by molar-refractivity contribution is 1.20. The normalized spacial score (nSPS) is 10.0. The van der Waals surface area contributed by atoms with Gasteiger partial charge in [0.25, 0.3) is 0 Å². The fourth-order valence-electron chi connectivity index (χ4n) is 0.774. The molecule has 1 radical (unpaired) electrons. The Morgan fingerprint density at radius 1 is 1.30 bits per heavy atom. The molecule has 0 aliphatic rings. The quantitative estimate of drug-likeness (QED) is 0.530. The van der Waals surface area contributed by atoms with Gasteiger partial charge >= 0.3 is 0 Å². The molecule has 3 heteroatoms. The summed E-state index contributed by atoms with van der Waals surface area (Å²) in [7, 11) is 0. The molecular formula is C7H4N3. The van der Waals surface area contributed by atoms with Crippen LogP contribution in [0.4, 0.5) is 0 Å². The van der Waals surface area contributed by atoms with Gasteiger partial charge in [0, 0.05) is 11.6 Å². The number of hydrogen-bond donors (Lipinski definition) is 0. The summed E-state index contributed by atoms with van der Waals surface area (Å²) >= 11 is 0. The van der Waals surface area contributed by atoms with E-state index in [-0.39, 0.29) is 0 Å². The van der Waals surface area contributed by atoms with Gasteiger partial charge in [0.05, 0.1) is 17.9 Å². The predicted molar refractivity (Wildman–Crippen MR) is 36.2 cm³/mol. The van der Waals surface area contributed by atoms with Gasteiger partial charge in [-0.3, -0.25) is 4.98 Å². The maximum atomic E-state index is 3.99. The second-order valence-electron chi connectivity index (χ2n) is 1.89. The van der Waals surface area contributed by atoms with Crippen molar-refractivity contribution in [3.05, 3.63) is 31.0 Å². The topological polar surface area (TPSA) is 38.7 Å². The standard InChI is InChI=1S/C7H4N3/c1-2-8-4-7-6(1)3-9-5-10-7/h1,3-5H. The van der Waals surface area contributed by atoms with Gasteiger partial charge in [0.2, 0.25) is 0 Å². The first-order valence-electron chi connectivity index (χ1n) is 2.88. The summed E-state index contributed by atoms with van der Waals surface area (Å²) in [6.45, 7) is 0. The van der Waals surface area contributed by atoms with Gasteiger partial charge in [-0.25, -0.2) is 9.97 Å². The van der Waals surface area contributed by atoms with Gasteiger partial charge in [-0.15, -0.1) is 0 Å². The molecule has 0 aliphatic carbocycles. The lowest BCUT2D eigenvalue weighted by Crippen LogP contribution is -1.80. The molecule has 0 spiro atoms. The van der Waals surface area contributed by atoms with Gasteiger partial charge in [-0.1, -0.05) is 0 Å². The summed E-state index contributed by atoms with van der Waals surface area (Å²) < 4.78 is 0. The summed E-state index contributed by atoms with van der Waals surface area (Å²) in [6, 6.07) is 1.76. The summed E-state index contributed by atoms with van der Waals surface area (Å²) in [4.78, 5) is 11.6. The van der Waals surface area contributed by atoms with E-state index in [9.17, 15) is 0 Å². The molecule has 2 heterocycles. The SMILES string of the molecule is [c]1cc2cncnc2cn1. The summed E-state index contributed by atoms with van der Waals surface area (Å²) in [6.07, 6.45) is 7.61. The van der Waals surface area contributed by atoms with Crippen molar-refractivity contribution < 1.29 is 0 Å². The molecule has 0 bridgehead atoms. The Hall–Kier alpha value is -1.51. The number of fused-ring (bicyclic) bond motifs is 1. The molecule has 0 unspecified atom stereocenters. The minimum Gasteiger partial charge on any atom is -0.252 e. The molecular weight excluding hydrogens is 126 g/mol. The molecule has 0 amide bonds. The number of aromatic nitrogens is 3. The van der Waals surface area contributed by atoms with E-state index < -0.39 is 0 Å². The Morgan fingerprint density at radius 3 is 3.20 bits per heavy atom. The fraction of sp³-hybridized carbons (Fsp3) is 0. The molecule has 0 saturated carbocycles. The average Bonchev–Trinajstić information content (AvgIpc) is 2.05. The zero-order valence-corrected chi connectivity index (χ0v) is 5.15. The van der Waals surface area contributed by atoms with Crippen molar-refractivity contribution >= 4 is 10.9 Å². The minimum absolute atomic E-state index is 0.855. The number of rotatable bonds is 0. The molecule has 47 valence electrons. The first-order valence-corrected chi connectivity index (χ1v) is 2.88. The van der Waals surface area contributed by atoms with E-state index in [1.807, 2.05) is 0 Å². The third-order valence-electron chi connectivity index (χ3n) is 1.25. The summed E-state index contributed by atoms with van der Waals surface area (Å²) in [5.74, 6) is 0. The van der Waals surface area contributed by atoms with Crippen molar-refractivity contribution in [1.82, 2.24) is 15.0 Å². The van der Waals surface area contributed by atoms with Gasteiger partial charge in [0.1, 0.15) is 6.33 Å². The molecule has 0 aromatic carbocycles. The molecule has 2 rings (SSSR count). The van der Waals surface area contributed by atoms with Crippen LogP contribution in [0, 0.1) is 6.20 Å². The summed E-state index contributed by atoms with van der Waals surface area (Å²) in [5.41, 5.74) is 0.855. The van der Waals surface area contributed by atoms with Crippen LogP contribution in [-0.2, 0) is 0 Å². The molecule has 3 nitrogen and oxygen atoms in total. The Kier molecular flexibility index (Phi) is 1.07. The zero-order valence-electron chi connectivity index (χ0n) is 5.15. The molecule has 10 heavy (non-hydrogen) atoms. The van der Waals surface area contributed by atoms with E-state index in [0.29, 0.717) is 0 Å². The maximum Gasteiger partial charge on any atom is 0.116 e. The molecule has 0 aliphatic heterocycles. The Morgan fingerprint density at radius 2 is 2.30 bits per heavy atom. The Bertz CT molecular complexity index is 280. The van der Waals surface area contributed by atoms with E-state index in [0.717, 1.165) is 10.9 Å². The van der Waals surface area contributed by atoms with Crippen LogP contribution in [0.2, 0.25) is 0 Å². The van der Waals surface area contributed by atoms with Gasteiger partial charge in [-0.05, 0) is 6.07 Å². The maximum absolute atomic E-state index is 3.99. The third-order valence-corrected chi connectivity index (χ3v) is 1.25. The van der Waals surface area contributed by atoms with Crippen LogP contribution in [0.5, 0.6) is 0 Å². The van der Waals surface area contributed by atoms with E-state index in [4.69, 9.17) is 0 Å². The molecule has 0 fully saturated rings. The second kappa shape index (κ2) is 2.02. The van der Waals surface area contributed by atoms with Crippen LogP contribution in [0.1, 0.15) is 0 Å². The largest absolute Gasteiger partial charge is 0.252 e. The first-order chi connectivity index (χ1) is 4.97. The van der Waals surface area contributed by atoms with Crippen LogP contribution >= 0.6 is 0 Å². The van der Waals surface area contributed by atoms with Crippen molar-refractivity contribution in [2.24, 2.45) is 0 Å². The predicted octanol–water partition coefficient (Wildman–Crippen LogP) is 0.825. The Balaban J connectivity index is 2.89. The number of nitrogens with zero attached hydrogens (tertiary/aromatic N) is 3. The van der Waals surface area contributed by atoms with Crippen molar-refractivity contribution in [2.45, 2.75) is 0 Å². The van der Waals surface area contributed by atoms with Crippen molar-refractivity contribution in [3.63, 3.8) is 0 Å². The zero-order chi connectivity index (χ0) is 6.81. The highest BCUT2D eigenvalue weighted by atomic mass is 14.8. The van der Waals surface area contributed by atoms with E-state index >= 15 is 0 Å².